The summed E-state index contributed by atoms with van der Waals surface area (Å²) in [5.74, 6) is 2.03. The Balaban J connectivity index is 1.57. The van der Waals surface area contributed by atoms with Crippen LogP contribution in [0.25, 0.3) is 0 Å². The third-order valence-electron chi connectivity index (χ3n) is 4.57. The molecule has 0 amide bonds. The van der Waals surface area contributed by atoms with Crippen LogP contribution in [0.4, 0.5) is 11.5 Å². The van der Waals surface area contributed by atoms with Crippen LogP contribution in [0.5, 0.6) is 17.5 Å². The van der Waals surface area contributed by atoms with Gasteiger partial charge < -0.3 is 19.5 Å². The van der Waals surface area contributed by atoms with Crippen LogP contribution in [0.3, 0.4) is 0 Å². The number of ether oxygens (including phenoxy) is 3. The lowest BCUT2D eigenvalue weighted by Gasteiger charge is -2.15. The number of hydrogen-bond donors (Lipinski definition) is 1. The van der Waals surface area contributed by atoms with Crippen molar-refractivity contribution in [3.05, 3.63) is 101 Å². The van der Waals surface area contributed by atoms with Gasteiger partial charge in [-0.05, 0) is 39.2 Å². The van der Waals surface area contributed by atoms with Crippen LogP contribution >= 0.6 is 15.9 Å². The molecule has 0 radical (unpaired) electrons. The van der Waals surface area contributed by atoms with Gasteiger partial charge in [0.05, 0.1) is 7.11 Å². The molecule has 162 valence electrons. The minimum Gasteiger partial charge on any atom is -0.493 e. The molecule has 0 aliphatic heterocycles. The number of nitrogens with one attached hydrogen (secondary N) is 1. The third kappa shape index (κ3) is 5.76. The second-order valence-corrected chi connectivity index (χ2v) is 7.80. The topological polar surface area (TPSA) is 65.5 Å². The van der Waals surface area contributed by atoms with Gasteiger partial charge >= 0.3 is 0 Å². The number of benzene rings is 2. The molecule has 2 heterocycles. The smallest absolute Gasteiger partial charge is 0.241 e. The standard InChI is InChI=1S/C25H22BrN3O3/c1-30-22-14-20(26)15-27-24(22)28-21-12-13-23(31-16-18-8-4-2-5-9-18)29-25(21)32-17-19-10-6-3-7-11-19/h2-15H,16-17H2,1H3,(H,27,28). The molecule has 0 aliphatic rings. The Morgan fingerprint density at radius 2 is 1.50 bits per heavy atom. The number of pyridine rings is 2. The first-order valence-electron chi connectivity index (χ1n) is 10.0. The Morgan fingerprint density at radius 1 is 0.844 bits per heavy atom. The normalized spacial score (nSPS) is 10.4. The summed E-state index contributed by atoms with van der Waals surface area (Å²) in [5, 5.41) is 3.26. The molecule has 1 N–H and O–H groups in total. The van der Waals surface area contributed by atoms with E-state index in [2.05, 4.69) is 31.2 Å². The van der Waals surface area contributed by atoms with Crippen molar-refractivity contribution < 1.29 is 14.2 Å². The van der Waals surface area contributed by atoms with Crippen molar-refractivity contribution in [3.8, 4) is 17.5 Å². The summed E-state index contributed by atoms with van der Waals surface area (Å²) in [4.78, 5) is 8.99. The molecule has 0 aliphatic carbocycles. The number of hydrogen-bond acceptors (Lipinski definition) is 6. The Morgan fingerprint density at radius 3 is 2.16 bits per heavy atom. The van der Waals surface area contributed by atoms with Crippen LogP contribution in [-0.2, 0) is 13.2 Å². The van der Waals surface area contributed by atoms with Crippen LogP contribution in [-0.4, -0.2) is 17.1 Å². The molecule has 0 saturated heterocycles. The average molecular weight is 492 g/mol. The maximum Gasteiger partial charge on any atom is 0.241 e. The molecule has 0 unspecified atom stereocenters. The fourth-order valence-corrected chi connectivity index (χ4v) is 3.27. The maximum atomic E-state index is 6.05. The summed E-state index contributed by atoms with van der Waals surface area (Å²) in [6.07, 6.45) is 1.69. The highest BCUT2D eigenvalue weighted by Gasteiger charge is 2.13. The second-order valence-electron chi connectivity index (χ2n) is 6.88. The van der Waals surface area contributed by atoms with Crippen molar-refractivity contribution >= 4 is 27.4 Å². The highest BCUT2D eigenvalue weighted by Crippen LogP contribution is 2.33. The highest BCUT2D eigenvalue weighted by atomic mass is 79.9. The molecule has 0 atom stereocenters. The molecule has 2 aromatic heterocycles. The zero-order chi connectivity index (χ0) is 22.2. The van der Waals surface area contributed by atoms with E-state index in [0.29, 0.717) is 42.2 Å². The Kier molecular flexibility index (Phi) is 7.19. The fourth-order valence-electron chi connectivity index (χ4n) is 2.96. The monoisotopic (exact) mass is 491 g/mol. The predicted molar refractivity (Wildman–Crippen MR) is 128 cm³/mol. The molecular formula is C25H22BrN3O3. The van der Waals surface area contributed by atoms with Crippen molar-refractivity contribution in [1.82, 2.24) is 9.97 Å². The largest absolute Gasteiger partial charge is 0.493 e. The van der Waals surface area contributed by atoms with E-state index in [4.69, 9.17) is 14.2 Å². The first-order chi connectivity index (χ1) is 15.7. The molecule has 7 heteroatoms. The first kappa shape index (κ1) is 21.6. The number of aromatic nitrogens is 2. The van der Waals surface area contributed by atoms with E-state index >= 15 is 0 Å². The van der Waals surface area contributed by atoms with Crippen molar-refractivity contribution in [2.75, 3.05) is 12.4 Å². The van der Waals surface area contributed by atoms with Crippen molar-refractivity contribution in [2.24, 2.45) is 0 Å². The summed E-state index contributed by atoms with van der Waals surface area (Å²) in [5.41, 5.74) is 2.75. The minimum atomic E-state index is 0.371. The van der Waals surface area contributed by atoms with Gasteiger partial charge in [0.25, 0.3) is 0 Å². The summed E-state index contributed by atoms with van der Waals surface area (Å²) >= 11 is 3.41. The molecule has 4 aromatic rings. The first-order valence-corrected chi connectivity index (χ1v) is 10.8. The summed E-state index contributed by atoms with van der Waals surface area (Å²) in [6, 6.07) is 25.4. The minimum absolute atomic E-state index is 0.371. The van der Waals surface area contributed by atoms with Crippen molar-refractivity contribution in [3.63, 3.8) is 0 Å². The molecule has 0 saturated carbocycles. The Labute approximate surface area is 195 Å². The van der Waals surface area contributed by atoms with Gasteiger partial charge in [0.1, 0.15) is 18.9 Å². The lowest BCUT2D eigenvalue weighted by atomic mass is 10.2. The maximum absolute atomic E-state index is 6.05. The number of anilines is 2. The number of nitrogens with zero attached hydrogens (tertiary/aromatic N) is 2. The summed E-state index contributed by atoms with van der Waals surface area (Å²) in [7, 11) is 1.60. The molecule has 0 bridgehead atoms. The van der Waals surface area contributed by atoms with E-state index in [1.807, 2.05) is 72.8 Å². The quantitative estimate of drug-likeness (QED) is 0.303. The van der Waals surface area contributed by atoms with Crippen LogP contribution in [0, 0.1) is 0 Å². The van der Waals surface area contributed by atoms with Crippen LogP contribution in [0.1, 0.15) is 11.1 Å². The Hall–Kier alpha value is -3.58. The van der Waals surface area contributed by atoms with Gasteiger partial charge in [-0.2, -0.15) is 4.98 Å². The summed E-state index contributed by atoms with van der Waals surface area (Å²) < 4.78 is 18.2. The zero-order valence-corrected chi connectivity index (χ0v) is 19.1. The summed E-state index contributed by atoms with van der Waals surface area (Å²) in [6.45, 7) is 0.788. The number of rotatable bonds is 9. The Bertz CT molecular complexity index is 1160. The lowest BCUT2D eigenvalue weighted by molar-refractivity contribution is 0.269. The van der Waals surface area contributed by atoms with Gasteiger partial charge in [-0.1, -0.05) is 60.7 Å². The van der Waals surface area contributed by atoms with Crippen molar-refractivity contribution in [2.45, 2.75) is 13.2 Å². The van der Waals surface area contributed by atoms with E-state index in [-0.39, 0.29) is 0 Å². The van der Waals surface area contributed by atoms with Gasteiger partial charge in [-0.15, -0.1) is 0 Å². The van der Waals surface area contributed by atoms with Gasteiger partial charge in [-0.3, -0.25) is 0 Å². The molecule has 4 rings (SSSR count). The molecule has 6 nitrogen and oxygen atoms in total. The van der Waals surface area contributed by atoms with E-state index < -0.39 is 0 Å². The zero-order valence-electron chi connectivity index (χ0n) is 17.5. The number of halogens is 1. The van der Waals surface area contributed by atoms with Crippen LogP contribution < -0.4 is 19.5 Å². The molecular weight excluding hydrogens is 470 g/mol. The highest BCUT2D eigenvalue weighted by molar-refractivity contribution is 9.10. The molecule has 0 spiro atoms. The molecule has 0 fully saturated rings. The van der Waals surface area contributed by atoms with Gasteiger partial charge in [0, 0.05) is 16.7 Å². The van der Waals surface area contributed by atoms with Gasteiger partial charge in [0.15, 0.2) is 11.6 Å². The van der Waals surface area contributed by atoms with E-state index in [1.165, 1.54) is 0 Å². The predicted octanol–water partition coefficient (Wildman–Crippen LogP) is 6.15. The molecule has 32 heavy (non-hydrogen) atoms. The average Bonchev–Trinajstić information content (AvgIpc) is 2.84. The SMILES string of the molecule is COc1cc(Br)cnc1Nc1ccc(OCc2ccccc2)nc1OCc1ccccc1. The second kappa shape index (κ2) is 10.6. The van der Waals surface area contributed by atoms with Crippen LogP contribution in [0.15, 0.2) is 89.5 Å². The van der Waals surface area contributed by atoms with Gasteiger partial charge in [-0.25, -0.2) is 4.98 Å². The van der Waals surface area contributed by atoms with Crippen LogP contribution in [0.2, 0.25) is 0 Å². The lowest BCUT2D eigenvalue weighted by Crippen LogP contribution is -2.05. The fraction of sp³-hybridized carbons (Fsp3) is 0.120. The van der Waals surface area contributed by atoms with Crippen molar-refractivity contribution in [1.29, 1.82) is 0 Å². The van der Waals surface area contributed by atoms with E-state index in [9.17, 15) is 0 Å². The number of methoxy groups -OCH3 is 1. The van der Waals surface area contributed by atoms with Gasteiger partial charge in [0.2, 0.25) is 11.8 Å². The third-order valence-corrected chi connectivity index (χ3v) is 5.01. The van der Waals surface area contributed by atoms with E-state index in [0.717, 1.165) is 15.6 Å². The molecule has 2 aromatic carbocycles. The van der Waals surface area contributed by atoms with E-state index in [1.54, 1.807) is 19.4 Å².